The zero-order chi connectivity index (χ0) is 11.5. The maximum atomic E-state index is 13.5. The van der Waals surface area contributed by atoms with Gasteiger partial charge in [0, 0.05) is 24.0 Å². The first-order valence-corrected chi connectivity index (χ1v) is 4.58. The summed E-state index contributed by atoms with van der Waals surface area (Å²) in [5, 5.41) is 8.88. The maximum Gasteiger partial charge on any atom is 0.162 e. The lowest BCUT2D eigenvalue weighted by molar-refractivity contribution is 0.275. The highest BCUT2D eigenvalue weighted by atomic mass is 19.1. The fourth-order valence-electron chi connectivity index (χ4n) is 1.32. The quantitative estimate of drug-likeness (QED) is 0.844. The highest BCUT2D eigenvalue weighted by Crippen LogP contribution is 2.22. The Morgan fingerprint density at radius 1 is 1.06 bits per heavy atom. The highest BCUT2D eigenvalue weighted by Gasteiger charge is 2.12. The second-order valence-corrected chi connectivity index (χ2v) is 3.15. The van der Waals surface area contributed by atoms with Gasteiger partial charge in [-0.3, -0.25) is 0 Å². The Bertz CT molecular complexity index is 503. The van der Waals surface area contributed by atoms with Crippen LogP contribution in [0.5, 0.6) is 0 Å². The number of aromatic nitrogens is 2. The number of aliphatic hydroxyl groups is 1. The zero-order valence-corrected chi connectivity index (χ0v) is 8.19. The lowest BCUT2D eigenvalue weighted by Gasteiger charge is -2.05. The average molecular weight is 222 g/mol. The van der Waals surface area contributed by atoms with Crippen LogP contribution in [0.2, 0.25) is 0 Å². The third kappa shape index (κ3) is 1.90. The van der Waals surface area contributed by atoms with Gasteiger partial charge in [0.2, 0.25) is 0 Å². The van der Waals surface area contributed by atoms with Crippen LogP contribution in [0, 0.1) is 11.6 Å². The molecule has 0 saturated carbocycles. The molecule has 0 atom stereocenters. The SMILES string of the molecule is OCc1cc(-c2ncccn2)c(F)cc1F. The van der Waals surface area contributed by atoms with Crippen molar-refractivity contribution in [2.24, 2.45) is 0 Å². The molecule has 0 aliphatic carbocycles. The van der Waals surface area contributed by atoms with E-state index >= 15 is 0 Å². The predicted molar refractivity (Wildman–Crippen MR) is 53.3 cm³/mol. The van der Waals surface area contributed by atoms with Gasteiger partial charge < -0.3 is 5.11 Å². The van der Waals surface area contributed by atoms with Crippen LogP contribution in [0.3, 0.4) is 0 Å². The molecule has 0 bridgehead atoms. The van der Waals surface area contributed by atoms with Gasteiger partial charge in [-0.05, 0) is 12.1 Å². The normalized spacial score (nSPS) is 10.4. The first kappa shape index (κ1) is 10.6. The summed E-state index contributed by atoms with van der Waals surface area (Å²) in [6.45, 7) is -0.494. The van der Waals surface area contributed by atoms with E-state index in [0.717, 1.165) is 6.07 Å². The van der Waals surface area contributed by atoms with E-state index in [2.05, 4.69) is 9.97 Å². The molecule has 1 N–H and O–H groups in total. The molecular weight excluding hydrogens is 214 g/mol. The molecule has 0 radical (unpaired) electrons. The van der Waals surface area contributed by atoms with E-state index in [1.165, 1.54) is 18.5 Å². The second-order valence-electron chi connectivity index (χ2n) is 3.15. The van der Waals surface area contributed by atoms with Crippen LogP contribution in [-0.4, -0.2) is 15.1 Å². The molecule has 0 spiro atoms. The molecule has 5 heteroatoms. The fourth-order valence-corrected chi connectivity index (χ4v) is 1.32. The van der Waals surface area contributed by atoms with Crippen molar-refractivity contribution in [3.63, 3.8) is 0 Å². The molecule has 1 aromatic heterocycles. The van der Waals surface area contributed by atoms with Gasteiger partial charge in [-0.15, -0.1) is 0 Å². The van der Waals surface area contributed by atoms with Gasteiger partial charge in [-0.1, -0.05) is 0 Å². The maximum absolute atomic E-state index is 13.5. The molecule has 0 saturated heterocycles. The largest absolute Gasteiger partial charge is 0.392 e. The molecule has 3 nitrogen and oxygen atoms in total. The fraction of sp³-hybridized carbons (Fsp3) is 0.0909. The van der Waals surface area contributed by atoms with E-state index in [9.17, 15) is 8.78 Å². The summed E-state index contributed by atoms with van der Waals surface area (Å²) in [5.41, 5.74) is 0.0925. The van der Waals surface area contributed by atoms with Crippen molar-refractivity contribution in [2.75, 3.05) is 0 Å². The standard InChI is InChI=1S/C11H8F2N2O/c12-9-5-10(13)8(4-7(9)6-16)11-14-2-1-3-15-11/h1-5,16H,6H2. The van der Waals surface area contributed by atoms with Crippen molar-refractivity contribution in [3.05, 3.63) is 47.8 Å². The third-order valence-corrected chi connectivity index (χ3v) is 2.11. The van der Waals surface area contributed by atoms with Gasteiger partial charge in [-0.25, -0.2) is 18.7 Å². The van der Waals surface area contributed by atoms with Crippen LogP contribution in [0.25, 0.3) is 11.4 Å². The number of aliphatic hydroxyl groups excluding tert-OH is 1. The molecule has 0 unspecified atom stereocenters. The first-order chi connectivity index (χ1) is 7.72. The van der Waals surface area contributed by atoms with E-state index in [4.69, 9.17) is 5.11 Å². The van der Waals surface area contributed by atoms with Crippen LogP contribution in [-0.2, 0) is 6.61 Å². The Balaban J connectivity index is 2.57. The van der Waals surface area contributed by atoms with Gasteiger partial charge >= 0.3 is 0 Å². The van der Waals surface area contributed by atoms with Crippen molar-refractivity contribution < 1.29 is 13.9 Å². The van der Waals surface area contributed by atoms with Crippen LogP contribution in [0.1, 0.15) is 5.56 Å². The van der Waals surface area contributed by atoms with Crippen molar-refractivity contribution in [3.8, 4) is 11.4 Å². The number of hydrogen-bond donors (Lipinski definition) is 1. The van der Waals surface area contributed by atoms with Crippen molar-refractivity contribution in [1.29, 1.82) is 0 Å². The van der Waals surface area contributed by atoms with Crippen LogP contribution in [0.4, 0.5) is 8.78 Å². The number of benzene rings is 1. The molecule has 2 aromatic rings. The van der Waals surface area contributed by atoms with Gasteiger partial charge in [-0.2, -0.15) is 0 Å². The summed E-state index contributed by atoms with van der Waals surface area (Å²) in [7, 11) is 0. The number of nitrogens with zero attached hydrogens (tertiary/aromatic N) is 2. The Morgan fingerprint density at radius 3 is 2.38 bits per heavy atom. The Kier molecular flexibility index (Phi) is 2.87. The number of halogens is 2. The lowest BCUT2D eigenvalue weighted by atomic mass is 10.1. The lowest BCUT2D eigenvalue weighted by Crippen LogP contribution is -1.97. The molecule has 1 heterocycles. The molecule has 0 amide bonds. The molecule has 2 rings (SSSR count). The molecule has 0 aliphatic rings. The van der Waals surface area contributed by atoms with Gasteiger partial charge in [0.25, 0.3) is 0 Å². The summed E-state index contributed by atoms with van der Waals surface area (Å²) in [5.74, 6) is -1.37. The first-order valence-electron chi connectivity index (χ1n) is 4.58. The van der Waals surface area contributed by atoms with E-state index in [1.807, 2.05) is 0 Å². The topological polar surface area (TPSA) is 46.0 Å². The van der Waals surface area contributed by atoms with Crippen LogP contribution < -0.4 is 0 Å². The zero-order valence-electron chi connectivity index (χ0n) is 8.19. The van der Waals surface area contributed by atoms with Gasteiger partial charge in [0.15, 0.2) is 5.82 Å². The Labute approximate surface area is 90.4 Å². The van der Waals surface area contributed by atoms with Crippen molar-refractivity contribution in [1.82, 2.24) is 9.97 Å². The smallest absolute Gasteiger partial charge is 0.162 e. The summed E-state index contributed by atoms with van der Waals surface area (Å²) in [6.07, 6.45) is 2.92. The van der Waals surface area contributed by atoms with Crippen molar-refractivity contribution >= 4 is 0 Å². The van der Waals surface area contributed by atoms with E-state index < -0.39 is 18.2 Å². The summed E-state index contributed by atoms with van der Waals surface area (Å²) in [4.78, 5) is 7.72. The summed E-state index contributed by atoms with van der Waals surface area (Å²) in [6, 6.07) is 3.52. The van der Waals surface area contributed by atoms with E-state index in [1.54, 1.807) is 6.07 Å². The molecule has 1 aromatic carbocycles. The van der Waals surface area contributed by atoms with Gasteiger partial charge in [0.1, 0.15) is 11.6 Å². The average Bonchev–Trinajstić information content (AvgIpc) is 2.30. The van der Waals surface area contributed by atoms with E-state index in [-0.39, 0.29) is 17.0 Å². The molecule has 0 fully saturated rings. The minimum Gasteiger partial charge on any atom is -0.392 e. The van der Waals surface area contributed by atoms with Crippen molar-refractivity contribution in [2.45, 2.75) is 6.61 Å². The number of hydrogen-bond acceptors (Lipinski definition) is 3. The Hall–Kier alpha value is -1.88. The third-order valence-electron chi connectivity index (χ3n) is 2.11. The Morgan fingerprint density at radius 2 is 1.75 bits per heavy atom. The molecule has 0 aliphatic heterocycles. The monoisotopic (exact) mass is 222 g/mol. The number of rotatable bonds is 2. The minimum absolute atomic E-state index is 0.0175. The summed E-state index contributed by atoms with van der Waals surface area (Å²) < 4.78 is 26.6. The molecule has 82 valence electrons. The second kappa shape index (κ2) is 4.32. The molecular formula is C11H8F2N2O. The minimum atomic E-state index is -0.778. The molecule has 16 heavy (non-hydrogen) atoms. The van der Waals surface area contributed by atoms with E-state index in [0.29, 0.717) is 0 Å². The van der Waals surface area contributed by atoms with Crippen LogP contribution >= 0.6 is 0 Å². The van der Waals surface area contributed by atoms with Crippen LogP contribution in [0.15, 0.2) is 30.6 Å². The highest BCUT2D eigenvalue weighted by molar-refractivity contribution is 5.56. The summed E-state index contributed by atoms with van der Waals surface area (Å²) >= 11 is 0. The predicted octanol–water partition coefficient (Wildman–Crippen LogP) is 1.91. The van der Waals surface area contributed by atoms with Gasteiger partial charge in [0.05, 0.1) is 12.2 Å².